The average Bonchev–Trinajstić information content (AvgIpc) is 2.95. The first-order valence-electron chi connectivity index (χ1n) is 9.33. The summed E-state index contributed by atoms with van der Waals surface area (Å²) in [6.45, 7) is 9.85. The van der Waals surface area contributed by atoms with E-state index in [1.165, 1.54) is 12.0 Å². The number of urea groups is 1. The van der Waals surface area contributed by atoms with Crippen molar-refractivity contribution >= 4 is 24.0 Å². The Morgan fingerprint density at radius 3 is 2.29 bits per heavy atom. The number of nitrogens with one attached hydrogen (secondary N) is 3. The summed E-state index contributed by atoms with van der Waals surface area (Å²) in [4.78, 5) is 50.1. The topological polar surface area (TPSA) is 126 Å². The molecule has 1 aliphatic heterocycles. The first-order valence-corrected chi connectivity index (χ1v) is 9.33. The van der Waals surface area contributed by atoms with Crippen LogP contribution in [0.3, 0.4) is 0 Å². The molecule has 10 nitrogen and oxygen atoms in total. The second-order valence-electron chi connectivity index (χ2n) is 8.09. The van der Waals surface area contributed by atoms with Crippen LogP contribution >= 0.6 is 0 Å². The van der Waals surface area contributed by atoms with Gasteiger partial charge in [-0.25, -0.2) is 14.4 Å². The molecule has 160 valence electrons. The Labute approximate surface area is 165 Å². The Hall–Kier alpha value is -2.52. The van der Waals surface area contributed by atoms with E-state index in [1.54, 1.807) is 20.8 Å². The highest BCUT2D eigenvalue weighted by molar-refractivity contribution is 5.90. The Kier molecular flexibility index (Phi) is 8.52. The van der Waals surface area contributed by atoms with Crippen LogP contribution in [0.4, 0.5) is 9.59 Å². The van der Waals surface area contributed by atoms with Crippen molar-refractivity contribution in [2.75, 3.05) is 26.7 Å². The number of carbonyl (C=O) groups excluding carboxylic acids is 4. The van der Waals surface area contributed by atoms with E-state index in [4.69, 9.17) is 9.47 Å². The molecule has 0 saturated carbocycles. The van der Waals surface area contributed by atoms with Gasteiger partial charge in [0.25, 0.3) is 0 Å². The third-order valence-electron chi connectivity index (χ3n) is 3.86. The molecule has 1 heterocycles. The zero-order valence-electron chi connectivity index (χ0n) is 17.5. The normalized spacial score (nSPS) is 16.2. The van der Waals surface area contributed by atoms with Gasteiger partial charge in [-0.05, 0) is 33.1 Å². The molecule has 28 heavy (non-hydrogen) atoms. The molecule has 0 bridgehead atoms. The van der Waals surface area contributed by atoms with Crippen LogP contribution < -0.4 is 16.0 Å². The van der Waals surface area contributed by atoms with E-state index in [0.717, 1.165) is 0 Å². The summed E-state index contributed by atoms with van der Waals surface area (Å²) in [7, 11) is 1.20. The van der Waals surface area contributed by atoms with Crippen molar-refractivity contribution in [1.29, 1.82) is 0 Å². The summed E-state index contributed by atoms with van der Waals surface area (Å²) < 4.78 is 9.95. The van der Waals surface area contributed by atoms with E-state index in [9.17, 15) is 19.2 Å². The summed E-state index contributed by atoms with van der Waals surface area (Å²) in [5.74, 6) is -1.12. The molecule has 1 fully saturated rings. The standard InChI is InChI=1S/C18H32N4O6/c1-11(2)9-12(21-17(26)28-18(3,4)5)14(23)20-13(15(24)27-6)10-22-8-7-19-16(22)25/h11-13H,7-10H2,1-6H3,(H,19,25)(H,20,23)(H,21,26)/t12-,13-/m0/s1. The van der Waals surface area contributed by atoms with E-state index in [0.29, 0.717) is 19.5 Å². The third-order valence-corrected chi connectivity index (χ3v) is 3.86. The van der Waals surface area contributed by atoms with Crippen LogP contribution in [0.25, 0.3) is 0 Å². The minimum atomic E-state index is -1.04. The second kappa shape index (κ2) is 10.1. The number of ether oxygens (including phenoxy) is 2. The molecular formula is C18H32N4O6. The molecule has 3 N–H and O–H groups in total. The van der Waals surface area contributed by atoms with Gasteiger partial charge in [-0.3, -0.25) is 4.79 Å². The van der Waals surface area contributed by atoms with E-state index in [-0.39, 0.29) is 18.5 Å². The van der Waals surface area contributed by atoms with Crippen LogP contribution in [0.1, 0.15) is 41.0 Å². The highest BCUT2D eigenvalue weighted by atomic mass is 16.6. The van der Waals surface area contributed by atoms with Gasteiger partial charge in [0.1, 0.15) is 17.7 Å². The molecule has 4 amide bonds. The smallest absolute Gasteiger partial charge is 0.408 e. The van der Waals surface area contributed by atoms with Crippen LogP contribution in [-0.4, -0.2) is 73.3 Å². The van der Waals surface area contributed by atoms with Crippen molar-refractivity contribution in [2.24, 2.45) is 5.92 Å². The van der Waals surface area contributed by atoms with Crippen molar-refractivity contribution in [2.45, 2.75) is 58.7 Å². The van der Waals surface area contributed by atoms with Gasteiger partial charge in [-0.1, -0.05) is 13.8 Å². The number of nitrogens with zero attached hydrogens (tertiary/aromatic N) is 1. The lowest BCUT2D eigenvalue weighted by Gasteiger charge is -2.27. The van der Waals surface area contributed by atoms with E-state index in [1.807, 2.05) is 13.8 Å². The number of hydrogen-bond donors (Lipinski definition) is 3. The molecule has 1 saturated heterocycles. The number of methoxy groups -OCH3 is 1. The van der Waals surface area contributed by atoms with Gasteiger partial charge in [0, 0.05) is 13.1 Å². The predicted octanol–water partition coefficient (Wildman–Crippen LogP) is 0.609. The number of amides is 4. The van der Waals surface area contributed by atoms with Gasteiger partial charge in [-0.15, -0.1) is 0 Å². The second-order valence-corrected chi connectivity index (χ2v) is 8.09. The van der Waals surface area contributed by atoms with Gasteiger partial charge in [0.15, 0.2) is 0 Å². The predicted molar refractivity (Wildman–Crippen MR) is 102 cm³/mol. The molecule has 1 rings (SSSR count). The summed E-state index contributed by atoms with van der Waals surface area (Å²) >= 11 is 0. The monoisotopic (exact) mass is 400 g/mol. The van der Waals surface area contributed by atoms with Crippen molar-refractivity contribution in [3.8, 4) is 0 Å². The quantitative estimate of drug-likeness (QED) is 0.513. The molecule has 0 aromatic carbocycles. The molecule has 0 unspecified atom stereocenters. The Morgan fingerprint density at radius 1 is 1.18 bits per heavy atom. The average molecular weight is 400 g/mol. The summed E-state index contributed by atoms with van der Waals surface area (Å²) in [5, 5.41) is 7.77. The molecule has 0 aromatic heterocycles. The Balaban J connectivity index is 2.83. The Morgan fingerprint density at radius 2 is 1.82 bits per heavy atom. The fourth-order valence-electron chi connectivity index (χ4n) is 2.65. The maximum atomic E-state index is 12.8. The molecule has 0 spiro atoms. The highest BCUT2D eigenvalue weighted by Gasteiger charge is 2.32. The van der Waals surface area contributed by atoms with Crippen LogP contribution in [0, 0.1) is 5.92 Å². The highest BCUT2D eigenvalue weighted by Crippen LogP contribution is 2.10. The lowest BCUT2D eigenvalue weighted by Crippen LogP contribution is -2.56. The van der Waals surface area contributed by atoms with Crippen LogP contribution in [0.15, 0.2) is 0 Å². The molecule has 0 radical (unpaired) electrons. The first-order chi connectivity index (χ1) is 12.9. The summed E-state index contributed by atoms with van der Waals surface area (Å²) in [6.07, 6.45) is -0.370. The molecular weight excluding hydrogens is 368 g/mol. The summed E-state index contributed by atoms with van der Waals surface area (Å²) in [5.41, 5.74) is -0.708. The van der Waals surface area contributed by atoms with Crippen molar-refractivity contribution in [1.82, 2.24) is 20.9 Å². The fraction of sp³-hybridized carbons (Fsp3) is 0.778. The van der Waals surface area contributed by atoms with E-state index in [2.05, 4.69) is 16.0 Å². The molecule has 0 aromatic rings. The number of alkyl carbamates (subject to hydrolysis) is 1. The third kappa shape index (κ3) is 8.01. The summed E-state index contributed by atoms with van der Waals surface area (Å²) in [6, 6.07) is -2.25. The maximum absolute atomic E-state index is 12.8. The molecule has 0 aliphatic carbocycles. The van der Waals surface area contributed by atoms with Crippen molar-refractivity contribution in [3.63, 3.8) is 0 Å². The maximum Gasteiger partial charge on any atom is 0.408 e. The van der Waals surface area contributed by atoms with Gasteiger partial charge < -0.3 is 30.3 Å². The lowest BCUT2D eigenvalue weighted by molar-refractivity contribution is -0.145. The number of rotatable bonds is 8. The van der Waals surface area contributed by atoms with E-state index < -0.39 is 35.7 Å². The van der Waals surface area contributed by atoms with Crippen molar-refractivity contribution < 1.29 is 28.7 Å². The SMILES string of the molecule is COC(=O)[C@H](CN1CCNC1=O)NC(=O)[C@H](CC(C)C)NC(=O)OC(C)(C)C. The number of esters is 1. The van der Waals surface area contributed by atoms with Crippen molar-refractivity contribution in [3.05, 3.63) is 0 Å². The van der Waals surface area contributed by atoms with Crippen LogP contribution in [-0.2, 0) is 19.1 Å². The number of hydrogen-bond acceptors (Lipinski definition) is 6. The first kappa shape index (κ1) is 23.5. The fourth-order valence-corrected chi connectivity index (χ4v) is 2.65. The van der Waals surface area contributed by atoms with Crippen LogP contribution in [0.5, 0.6) is 0 Å². The molecule has 1 aliphatic rings. The van der Waals surface area contributed by atoms with Gasteiger partial charge in [-0.2, -0.15) is 0 Å². The minimum absolute atomic E-state index is 0.0227. The molecule has 2 atom stereocenters. The Bertz CT molecular complexity index is 587. The zero-order chi connectivity index (χ0) is 21.5. The van der Waals surface area contributed by atoms with Gasteiger partial charge >= 0.3 is 18.1 Å². The van der Waals surface area contributed by atoms with Crippen LogP contribution in [0.2, 0.25) is 0 Å². The largest absolute Gasteiger partial charge is 0.467 e. The van der Waals surface area contributed by atoms with Gasteiger partial charge in [0.2, 0.25) is 5.91 Å². The van der Waals surface area contributed by atoms with E-state index >= 15 is 0 Å². The van der Waals surface area contributed by atoms with Gasteiger partial charge in [0.05, 0.1) is 13.7 Å². The minimum Gasteiger partial charge on any atom is -0.467 e. The lowest BCUT2D eigenvalue weighted by atomic mass is 10.0. The number of carbonyl (C=O) groups is 4. The zero-order valence-corrected chi connectivity index (χ0v) is 17.5. The molecule has 10 heteroatoms.